The Balaban J connectivity index is 0.000000184. The van der Waals surface area contributed by atoms with E-state index in [1.165, 1.54) is 46.9 Å². The Kier molecular flexibility index (Phi) is 8.61. The van der Waals surface area contributed by atoms with E-state index in [0.717, 1.165) is 0 Å². The molecule has 4 heterocycles. The van der Waals surface area contributed by atoms with E-state index >= 15 is 0 Å². The van der Waals surface area contributed by atoms with Gasteiger partial charge in [-0.1, -0.05) is 36.4 Å². The number of carbonyl (C=O) groups excluding carboxylic acids is 2. The van der Waals surface area contributed by atoms with Crippen molar-refractivity contribution in [2.24, 2.45) is 10.2 Å². The molecule has 6 rings (SSSR count). The molecule has 0 saturated heterocycles. The van der Waals surface area contributed by atoms with Crippen LogP contribution in [0.5, 0.6) is 11.5 Å². The van der Waals surface area contributed by atoms with Crippen molar-refractivity contribution < 1.29 is 59.0 Å². The maximum absolute atomic E-state index is 11.5. The average Bonchev–Trinajstić information content (AvgIpc) is 3.75. The van der Waals surface area contributed by atoms with E-state index in [1.54, 1.807) is 48.5 Å². The molecule has 2 aliphatic heterocycles. The van der Waals surface area contributed by atoms with E-state index in [4.69, 9.17) is 9.47 Å². The molecule has 204 valence electrons. The molecule has 0 amide bonds. The van der Waals surface area contributed by atoms with Gasteiger partial charge in [-0.05, 0) is 47.2 Å². The fraction of sp³-hybridized carbons (Fsp3) is 0.0769. The van der Waals surface area contributed by atoms with Gasteiger partial charge in [-0.25, -0.2) is 0 Å². The van der Waals surface area contributed by atoms with Crippen LogP contribution in [-0.2, 0) is 50.0 Å². The molecule has 0 saturated carbocycles. The van der Waals surface area contributed by atoms with Crippen molar-refractivity contribution in [2.75, 3.05) is 0 Å². The van der Waals surface area contributed by atoms with Crippen LogP contribution in [0.1, 0.15) is 20.9 Å². The number of aromatic hydroxyl groups is 2. The minimum Gasteiger partial charge on any atom is -0.544 e. The number of benzene rings is 2. The summed E-state index contributed by atoms with van der Waals surface area (Å²) >= 11 is 2.72. The number of rotatable bonds is 6. The van der Waals surface area contributed by atoms with Crippen molar-refractivity contribution in [3.63, 3.8) is 0 Å². The van der Waals surface area contributed by atoms with Crippen LogP contribution in [0.25, 0.3) is 0 Å². The molecule has 0 spiro atoms. The summed E-state index contributed by atoms with van der Waals surface area (Å²) in [6, 6.07) is 19.1. The van der Waals surface area contributed by atoms with Gasteiger partial charge in [-0.2, -0.15) is 0 Å². The number of para-hydroxylation sites is 2. The van der Waals surface area contributed by atoms with Crippen molar-refractivity contribution in [3.8, 4) is 11.5 Å². The van der Waals surface area contributed by atoms with E-state index in [-0.39, 0.29) is 53.9 Å². The first-order chi connectivity index (χ1) is 19.3. The number of carboxylic acid groups (broad SMARTS) is 2. The fourth-order valence-corrected chi connectivity index (χ4v) is 5.12. The SMILES string of the molecule is O=C([O-])C1(c2ccccc2O)NN=C(c2cccs2)O1.O=C([O-])C1(c2ccccc2O)NN=C(c2cccs2)O1.[Zn+2]. The van der Waals surface area contributed by atoms with Gasteiger partial charge in [0.2, 0.25) is 0 Å². The van der Waals surface area contributed by atoms with Gasteiger partial charge in [0, 0.05) is 0 Å². The van der Waals surface area contributed by atoms with E-state index in [2.05, 4.69) is 21.1 Å². The topological polar surface area (TPSA) is 188 Å². The molecule has 0 aliphatic carbocycles. The van der Waals surface area contributed by atoms with Gasteiger partial charge in [0.1, 0.15) is 23.4 Å². The number of ether oxygens (including phenoxy) is 2. The zero-order valence-corrected chi connectivity index (χ0v) is 25.4. The summed E-state index contributed by atoms with van der Waals surface area (Å²) in [4.78, 5) is 24.4. The monoisotopic (exact) mass is 642 g/mol. The van der Waals surface area contributed by atoms with Gasteiger partial charge in [0.15, 0.2) is 0 Å². The third-order valence-electron chi connectivity index (χ3n) is 5.73. The molecule has 41 heavy (non-hydrogen) atoms. The first kappa shape index (κ1) is 29.5. The number of nitrogens with one attached hydrogen (secondary N) is 2. The van der Waals surface area contributed by atoms with Crippen molar-refractivity contribution >= 4 is 46.4 Å². The molecule has 0 fully saturated rings. The Labute approximate surface area is 253 Å². The number of carboxylic acids is 2. The van der Waals surface area contributed by atoms with Crippen molar-refractivity contribution in [1.29, 1.82) is 0 Å². The largest absolute Gasteiger partial charge is 2.00 e. The number of hydrogen-bond acceptors (Lipinski definition) is 14. The predicted octanol–water partition coefficient (Wildman–Crippen LogP) is 0.673. The van der Waals surface area contributed by atoms with Crippen LogP contribution < -0.4 is 21.1 Å². The number of carbonyl (C=O) groups is 2. The zero-order chi connectivity index (χ0) is 28.3. The minimum atomic E-state index is -2.02. The second kappa shape index (κ2) is 12.0. The second-order valence-electron chi connectivity index (χ2n) is 8.19. The van der Waals surface area contributed by atoms with E-state index in [0.29, 0.717) is 9.75 Å². The van der Waals surface area contributed by atoms with Gasteiger partial charge < -0.3 is 39.5 Å². The van der Waals surface area contributed by atoms with Crippen molar-refractivity contribution in [2.45, 2.75) is 11.4 Å². The molecule has 2 aliphatic rings. The molecule has 0 radical (unpaired) electrons. The van der Waals surface area contributed by atoms with Crippen LogP contribution in [0.4, 0.5) is 0 Å². The first-order valence-electron chi connectivity index (χ1n) is 11.4. The van der Waals surface area contributed by atoms with Gasteiger partial charge in [-0.3, -0.25) is 10.9 Å². The summed E-state index contributed by atoms with van der Waals surface area (Å²) in [5.41, 5.74) is 0.859. The molecule has 2 atom stereocenters. The molecule has 15 heteroatoms. The van der Waals surface area contributed by atoms with Crippen LogP contribution in [0.2, 0.25) is 0 Å². The third-order valence-corrected chi connectivity index (χ3v) is 7.45. The van der Waals surface area contributed by atoms with Crippen molar-refractivity contribution in [1.82, 2.24) is 10.9 Å². The number of thiophene rings is 2. The molecule has 4 N–H and O–H groups in total. The van der Waals surface area contributed by atoms with Gasteiger partial charge in [0.05, 0.1) is 20.9 Å². The molecule has 2 aromatic heterocycles. The van der Waals surface area contributed by atoms with Crippen LogP contribution in [-0.4, -0.2) is 33.9 Å². The third kappa shape index (κ3) is 5.47. The fourth-order valence-electron chi connectivity index (χ4n) is 3.82. The number of hydrogen-bond donors (Lipinski definition) is 4. The molecule has 0 bridgehead atoms. The molecule has 2 aromatic carbocycles. The minimum absolute atomic E-state index is 0. The van der Waals surface area contributed by atoms with Crippen molar-refractivity contribution in [3.05, 3.63) is 104 Å². The van der Waals surface area contributed by atoms with Crippen LogP contribution in [0.15, 0.2) is 93.8 Å². The van der Waals surface area contributed by atoms with Crippen LogP contribution in [0, 0.1) is 0 Å². The maximum atomic E-state index is 11.5. The standard InChI is InChI=1S/2C13H10N2O4S.Zn/c2*16-9-5-2-1-4-8(9)13(12(17)18)15-14-11(19-13)10-6-3-7-20-10;/h2*1-7,15-16H,(H,17,18);/q;;+2/p-2. The number of phenols is 2. The smallest absolute Gasteiger partial charge is 0.544 e. The summed E-state index contributed by atoms with van der Waals surface area (Å²) in [5.74, 6) is -3.21. The Morgan fingerprint density at radius 3 is 1.39 bits per heavy atom. The zero-order valence-electron chi connectivity index (χ0n) is 20.8. The normalized spacial score (nSPS) is 20.4. The van der Waals surface area contributed by atoms with Gasteiger partial charge in [0.25, 0.3) is 23.2 Å². The summed E-state index contributed by atoms with van der Waals surface area (Å²) in [6.45, 7) is 0. The molecule has 2 unspecified atom stereocenters. The van der Waals surface area contributed by atoms with E-state index < -0.39 is 23.4 Å². The molecule has 12 nitrogen and oxygen atoms in total. The number of nitrogens with zero attached hydrogens (tertiary/aromatic N) is 2. The molecule has 4 aromatic rings. The predicted molar refractivity (Wildman–Crippen MR) is 140 cm³/mol. The van der Waals surface area contributed by atoms with Gasteiger partial charge >= 0.3 is 19.5 Å². The summed E-state index contributed by atoms with van der Waals surface area (Å²) in [5, 5.41) is 54.1. The number of hydrazone groups is 2. The quantitative estimate of drug-likeness (QED) is 0.218. The number of phenolic OH excluding ortho intramolecular Hbond substituents is 2. The maximum Gasteiger partial charge on any atom is 2.00 e. The molecular formula is C26H18N4O8S2Zn. The first-order valence-corrected chi connectivity index (χ1v) is 13.2. The Morgan fingerprint density at radius 1 is 0.683 bits per heavy atom. The summed E-state index contributed by atoms with van der Waals surface area (Å²) in [7, 11) is 0. The average molecular weight is 644 g/mol. The summed E-state index contributed by atoms with van der Waals surface area (Å²) in [6.07, 6.45) is 0. The summed E-state index contributed by atoms with van der Waals surface area (Å²) < 4.78 is 10.9. The Hall–Kier alpha value is -4.46. The Bertz CT molecular complexity index is 1490. The van der Waals surface area contributed by atoms with Crippen LogP contribution >= 0.6 is 22.7 Å². The number of aliphatic carboxylic acids is 2. The Morgan fingerprint density at radius 2 is 1.07 bits per heavy atom. The van der Waals surface area contributed by atoms with Crippen LogP contribution in [0.3, 0.4) is 0 Å². The van der Waals surface area contributed by atoms with E-state index in [9.17, 15) is 30.0 Å². The second-order valence-corrected chi connectivity index (χ2v) is 10.1. The van der Waals surface area contributed by atoms with Gasteiger partial charge in [-0.15, -0.1) is 32.9 Å². The van der Waals surface area contributed by atoms with E-state index in [1.807, 2.05) is 10.8 Å². The molecular weight excluding hydrogens is 626 g/mol.